The fraction of sp³-hybridized carbons (Fsp3) is 0.471. The molecule has 1 heterocycles. The number of aryl methyl sites for hydroxylation is 1. The van der Waals surface area contributed by atoms with E-state index in [1.165, 1.54) is 0 Å². The Morgan fingerprint density at radius 2 is 1.74 bits per heavy atom. The summed E-state index contributed by atoms with van der Waals surface area (Å²) in [6, 6.07) is 8.64. The molecule has 0 amide bonds. The Labute approximate surface area is 138 Å². The highest BCUT2D eigenvalue weighted by molar-refractivity contribution is 7.92. The predicted octanol–water partition coefficient (Wildman–Crippen LogP) is 3.85. The number of nitrogens with zero attached hydrogens (tertiary/aromatic N) is 2. The second-order valence-corrected chi connectivity index (χ2v) is 8.16. The Kier molecular flexibility index (Phi) is 5.46. The zero-order valence-corrected chi connectivity index (χ0v) is 15.0. The molecule has 0 spiro atoms. The van der Waals surface area contributed by atoms with Crippen LogP contribution in [0.5, 0.6) is 0 Å². The van der Waals surface area contributed by atoms with Gasteiger partial charge in [0.1, 0.15) is 0 Å². The van der Waals surface area contributed by atoms with Gasteiger partial charge >= 0.3 is 0 Å². The molecule has 0 aliphatic rings. The minimum Gasteiger partial charge on any atom is -0.271 e. The van der Waals surface area contributed by atoms with Crippen molar-refractivity contribution in [1.82, 2.24) is 9.78 Å². The zero-order chi connectivity index (χ0) is 17.0. The Bertz CT molecular complexity index is 731. The number of sulfonamides is 1. The van der Waals surface area contributed by atoms with Crippen LogP contribution in [0.1, 0.15) is 45.6 Å². The Balaban J connectivity index is 2.08. The van der Waals surface area contributed by atoms with Crippen molar-refractivity contribution < 1.29 is 8.42 Å². The van der Waals surface area contributed by atoms with E-state index >= 15 is 0 Å². The van der Waals surface area contributed by atoms with Gasteiger partial charge in [-0.2, -0.15) is 5.10 Å². The van der Waals surface area contributed by atoms with Crippen molar-refractivity contribution in [1.29, 1.82) is 0 Å². The minimum atomic E-state index is -3.60. The standard InChI is InChI=1S/C17H25N3O2S/c1-13(2)9-11-20-12-10-17(18-20)19-23(21,22)16-7-5-15(6-8-16)14(3)4/h5-8,10,12-14H,9,11H2,1-4H3,(H,18,19). The third-order valence-corrected chi connectivity index (χ3v) is 5.04. The molecule has 6 heteroatoms. The lowest BCUT2D eigenvalue weighted by Crippen LogP contribution is -2.14. The maximum atomic E-state index is 12.4. The highest BCUT2D eigenvalue weighted by Gasteiger charge is 2.15. The first-order chi connectivity index (χ1) is 10.8. The van der Waals surface area contributed by atoms with E-state index in [0.717, 1.165) is 18.5 Å². The van der Waals surface area contributed by atoms with E-state index in [1.807, 2.05) is 12.1 Å². The van der Waals surface area contributed by atoms with E-state index in [0.29, 0.717) is 17.7 Å². The molecule has 0 atom stereocenters. The Morgan fingerprint density at radius 3 is 2.30 bits per heavy atom. The van der Waals surface area contributed by atoms with E-state index in [9.17, 15) is 8.42 Å². The Morgan fingerprint density at radius 1 is 1.09 bits per heavy atom. The van der Waals surface area contributed by atoms with Gasteiger partial charge in [-0.05, 0) is 36.0 Å². The molecule has 2 aromatic rings. The van der Waals surface area contributed by atoms with Crippen molar-refractivity contribution in [2.45, 2.75) is 51.5 Å². The van der Waals surface area contributed by atoms with Crippen molar-refractivity contribution in [3.63, 3.8) is 0 Å². The van der Waals surface area contributed by atoms with Crippen LogP contribution in [0.3, 0.4) is 0 Å². The van der Waals surface area contributed by atoms with Gasteiger partial charge in [0.15, 0.2) is 5.82 Å². The minimum absolute atomic E-state index is 0.249. The van der Waals surface area contributed by atoms with Gasteiger partial charge in [0.2, 0.25) is 0 Å². The molecule has 0 bridgehead atoms. The fourth-order valence-corrected chi connectivity index (χ4v) is 3.16. The molecular weight excluding hydrogens is 310 g/mol. The van der Waals surface area contributed by atoms with Gasteiger partial charge in [0.05, 0.1) is 4.90 Å². The SMILES string of the molecule is CC(C)CCn1ccc(NS(=O)(=O)c2ccc(C(C)C)cc2)n1. The molecule has 0 saturated carbocycles. The molecule has 0 saturated heterocycles. The first-order valence-corrected chi connectivity index (χ1v) is 9.42. The van der Waals surface area contributed by atoms with Gasteiger partial charge in [-0.3, -0.25) is 9.40 Å². The monoisotopic (exact) mass is 335 g/mol. The van der Waals surface area contributed by atoms with Crippen molar-refractivity contribution in [3.05, 3.63) is 42.1 Å². The maximum Gasteiger partial charge on any atom is 0.263 e. The van der Waals surface area contributed by atoms with Crippen LogP contribution in [0.2, 0.25) is 0 Å². The fourth-order valence-electron chi connectivity index (χ4n) is 2.16. The van der Waals surface area contributed by atoms with Gasteiger partial charge in [0.25, 0.3) is 10.0 Å². The Hall–Kier alpha value is -1.82. The maximum absolute atomic E-state index is 12.4. The van der Waals surface area contributed by atoms with Crippen molar-refractivity contribution in [3.8, 4) is 0 Å². The van der Waals surface area contributed by atoms with Crippen LogP contribution < -0.4 is 4.72 Å². The van der Waals surface area contributed by atoms with Gasteiger partial charge in [0, 0.05) is 18.8 Å². The molecule has 126 valence electrons. The summed E-state index contributed by atoms with van der Waals surface area (Å²) in [5.74, 6) is 1.30. The lowest BCUT2D eigenvalue weighted by Gasteiger charge is -2.08. The molecule has 2 rings (SSSR count). The van der Waals surface area contributed by atoms with Crippen LogP contribution in [0.15, 0.2) is 41.4 Å². The van der Waals surface area contributed by atoms with Crippen molar-refractivity contribution in [2.24, 2.45) is 5.92 Å². The predicted molar refractivity (Wildman–Crippen MR) is 93.0 cm³/mol. The second-order valence-electron chi connectivity index (χ2n) is 6.48. The molecule has 23 heavy (non-hydrogen) atoms. The van der Waals surface area contributed by atoms with Crippen LogP contribution in [0.4, 0.5) is 5.82 Å². The number of nitrogens with one attached hydrogen (secondary N) is 1. The van der Waals surface area contributed by atoms with Gasteiger partial charge in [-0.1, -0.05) is 39.8 Å². The lowest BCUT2D eigenvalue weighted by atomic mass is 10.0. The first kappa shape index (κ1) is 17.5. The second kappa shape index (κ2) is 7.17. The normalized spacial score (nSPS) is 12.1. The number of aromatic nitrogens is 2. The summed E-state index contributed by atoms with van der Waals surface area (Å²) >= 11 is 0. The first-order valence-electron chi connectivity index (χ1n) is 7.94. The molecule has 1 aromatic carbocycles. The van der Waals surface area contributed by atoms with E-state index in [-0.39, 0.29) is 4.90 Å². The van der Waals surface area contributed by atoms with Crippen molar-refractivity contribution in [2.75, 3.05) is 4.72 Å². The highest BCUT2D eigenvalue weighted by atomic mass is 32.2. The van der Waals surface area contributed by atoms with E-state index in [4.69, 9.17) is 0 Å². The summed E-state index contributed by atoms with van der Waals surface area (Å²) in [6.07, 6.45) is 2.80. The van der Waals surface area contributed by atoms with Crippen LogP contribution in [0, 0.1) is 5.92 Å². The average Bonchev–Trinajstić information content (AvgIpc) is 2.92. The van der Waals surface area contributed by atoms with Gasteiger partial charge in [-0.15, -0.1) is 0 Å². The van der Waals surface area contributed by atoms with E-state index in [1.54, 1.807) is 29.1 Å². The summed E-state index contributed by atoms with van der Waals surface area (Å²) in [6.45, 7) is 9.22. The average molecular weight is 335 g/mol. The number of hydrogen-bond donors (Lipinski definition) is 1. The summed E-state index contributed by atoms with van der Waals surface area (Å²) in [5.41, 5.74) is 1.11. The number of hydrogen-bond acceptors (Lipinski definition) is 3. The topological polar surface area (TPSA) is 64.0 Å². The summed E-state index contributed by atoms with van der Waals surface area (Å²) < 4.78 is 29.1. The van der Waals surface area contributed by atoms with Crippen molar-refractivity contribution >= 4 is 15.8 Å². The van der Waals surface area contributed by atoms with Crippen LogP contribution in [-0.4, -0.2) is 18.2 Å². The smallest absolute Gasteiger partial charge is 0.263 e. The third-order valence-electron chi connectivity index (χ3n) is 3.67. The van der Waals surface area contributed by atoms with Crippen LogP contribution in [0.25, 0.3) is 0 Å². The molecule has 0 aliphatic carbocycles. The zero-order valence-electron chi connectivity index (χ0n) is 14.2. The van der Waals surface area contributed by atoms with Gasteiger partial charge < -0.3 is 0 Å². The number of rotatable bonds is 7. The third kappa shape index (κ3) is 4.82. The summed E-state index contributed by atoms with van der Waals surface area (Å²) in [7, 11) is -3.60. The lowest BCUT2D eigenvalue weighted by molar-refractivity contribution is 0.488. The molecule has 0 radical (unpaired) electrons. The summed E-state index contributed by atoms with van der Waals surface area (Å²) in [4.78, 5) is 0.249. The van der Waals surface area contributed by atoms with Gasteiger partial charge in [-0.25, -0.2) is 8.42 Å². The number of anilines is 1. The van der Waals surface area contributed by atoms with E-state index < -0.39 is 10.0 Å². The van der Waals surface area contributed by atoms with Crippen LogP contribution >= 0.6 is 0 Å². The molecule has 1 aromatic heterocycles. The van der Waals surface area contributed by atoms with Crippen LogP contribution in [-0.2, 0) is 16.6 Å². The molecule has 1 N–H and O–H groups in total. The largest absolute Gasteiger partial charge is 0.271 e. The molecule has 0 unspecified atom stereocenters. The molecule has 0 aliphatic heterocycles. The highest BCUT2D eigenvalue weighted by Crippen LogP contribution is 2.19. The van der Waals surface area contributed by atoms with E-state index in [2.05, 4.69) is 37.5 Å². The summed E-state index contributed by atoms with van der Waals surface area (Å²) in [5, 5.41) is 4.27. The quantitative estimate of drug-likeness (QED) is 0.836. The molecule has 0 fully saturated rings. The molecule has 5 nitrogen and oxygen atoms in total. The number of benzene rings is 1. The molecular formula is C17H25N3O2S.